The number of nitrogens with one attached hydrogen (secondary N) is 1. The molecule has 4 N–H and O–H groups in total. The van der Waals surface area contributed by atoms with Crippen LogP contribution in [0.4, 0.5) is 0 Å². The van der Waals surface area contributed by atoms with Crippen molar-refractivity contribution < 1.29 is 24.2 Å². The number of carbonyl (C=O) groups is 1. The van der Waals surface area contributed by atoms with Gasteiger partial charge in [-0.1, -0.05) is 74.3 Å². The first-order valence-electron chi connectivity index (χ1n) is 16.8. The Morgan fingerprint density at radius 3 is 2.33 bits per heavy atom. The number of nitrogens with two attached hydrogens (primary N) is 1. The normalized spacial score (nSPS) is 27.0. The SMILES string of the molecule is C/C=C(/C(C=NCC(=C=O)NC(CC(C)C)C(=O)O)=N/N)[C@@]1(C)CCC2C(CCC(C)[C@@]2(C)CCCC)C1.CC.COC=C=O. The van der Waals surface area contributed by atoms with Crippen LogP contribution in [0, 0.1) is 34.5 Å². The van der Waals surface area contributed by atoms with Crippen molar-refractivity contribution in [1.29, 1.82) is 0 Å². The summed E-state index contributed by atoms with van der Waals surface area (Å²) in [5, 5.41) is 16.4. The van der Waals surface area contributed by atoms with Gasteiger partial charge in [-0.05, 0) is 91.9 Å². The summed E-state index contributed by atoms with van der Waals surface area (Å²) < 4.78 is 4.14. The van der Waals surface area contributed by atoms with Gasteiger partial charge in [0.2, 0.25) is 0 Å². The van der Waals surface area contributed by atoms with E-state index < -0.39 is 12.0 Å². The van der Waals surface area contributed by atoms with E-state index in [2.05, 4.69) is 53.9 Å². The third-order valence-electron chi connectivity index (χ3n) is 9.76. The van der Waals surface area contributed by atoms with E-state index in [0.717, 1.165) is 36.5 Å². The molecular weight excluding hydrogens is 568 g/mol. The van der Waals surface area contributed by atoms with Crippen LogP contribution in [0.1, 0.15) is 120 Å². The Labute approximate surface area is 272 Å². The summed E-state index contributed by atoms with van der Waals surface area (Å²) in [6.45, 7) is 19.5. The standard InChI is InChI=1S/C31H52N4O3.C3H4O2.C2H6/c1-8-10-14-31(7)22(5)11-12-23-17-30(6,15-13-26(23)31)25(9-2)28(35-32)19-33-18-24(20-36)34-27(29(37)38)16-21(3)4;1-5-3-2-4;1-2/h9,19,21-23,26-27,34H,8,10-18,32H2,1-7H3,(H,37,38);3H,1H3;1-2H3/b25-9-,33-19?,35-28+;;/t22?,23?,26?,27?,30-,31+;;/m0../s1. The molecule has 0 amide bonds. The van der Waals surface area contributed by atoms with Crippen molar-refractivity contribution >= 4 is 29.8 Å². The number of aliphatic imine (C=N–C) groups is 1. The average molecular weight is 631 g/mol. The first-order valence-corrected chi connectivity index (χ1v) is 16.8. The summed E-state index contributed by atoms with van der Waals surface area (Å²) >= 11 is 0. The lowest BCUT2D eigenvalue weighted by molar-refractivity contribution is -0.139. The van der Waals surface area contributed by atoms with Crippen LogP contribution in [0.15, 0.2) is 33.7 Å². The van der Waals surface area contributed by atoms with Gasteiger partial charge >= 0.3 is 5.97 Å². The fraction of sp³-hybridized carbons (Fsp3) is 0.750. The number of unbranched alkanes of at least 4 members (excludes halogenated alkanes) is 1. The molecule has 0 aromatic rings. The van der Waals surface area contributed by atoms with Crippen molar-refractivity contribution in [3.8, 4) is 0 Å². The number of rotatable bonds is 14. The summed E-state index contributed by atoms with van der Waals surface area (Å²) in [6, 6.07) is -0.856. The topological polar surface area (TPSA) is 143 Å². The van der Waals surface area contributed by atoms with E-state index in [9.17, 15) is 14.7 Å². The predicted octanol–water partition coefficient (Wildman–Crippen LogP) is 7.18. The fourth-order valence-corrected chi connectivity index (χ4v) is 7.36. The lowest BCUT2D eigenvalue weighted by Gasteiger charge is -2.56. The van der Waals surface area contributed by atoms with Gasteiger partial charge in [-0.3, -0.25) is 4.99 Å². The molecule has 2 aliphatic rings. The molecule has 9 nitrogen and oxygen atoms in total. The quantitative estimate of drug-likeness (QED) is 0.0606. The van der Waals surface area contributed by atoms with E-state index in [-0.39, 0.29) is 23.6 Å². The van der Waals surface area contributed by atoms with Gasteiger partial charge in [0, 0.05) is 6.21 Å². The van der Waals surface area contributed by atoms with Crippen LogP contribution < -0.4 is 11.2 Å². The van der Waals surface area contributed by atoms with E-state index in [1.54, 1.807) is 6.21 Å². The summed E-state index contributed by atoms with van der Waals surface area (Å²) in [7, 11) is 1.39. The van der Waals surface area contributed by atoms with Crippen LogP contribution in [-0.4, -0.2) is 54.6 Å². The van der Waals surface area contributed by atoms with Crippen LogP contribution in [0.3, 0.4) is 0 Å². The van der Waals surface area contributed by atoms with Crippen LogP contribution >= 0.6 is 0 Å². The number of methoxy groups -OCH3 is 1. The van der Waals surface area contributed by atoms with Crippen molar-refractivity contribution in [3.05, 3.63) is 23.6 Å². The average Bonchev–Trinajstić information content (AvgIpc) is 3.01. The highest BCUT2D eigenvalue weighted by atomic mass is 16.5. The molecule has 2 fully saturated rings. The van der Waals surface area contributed by atoms with Crippen molar-refractivity contribution in [2.24, 2.45) is 50.4 Å². The van der Waals surface area contributed by atoms with Gasteiger partial charge in [0.25, 0.3) is 0 Å². The van der Waals surface area contributed by atoms with Crippen molar-refractivity contribution in [3.63, 3.8) is 0 Å². The molecule has 0 aliphatic heterocycles. The predicted molar refractivity (Wildman–Crippen MR) is 186 cm³/mol. The lowest BCUT2D eigenvalue weighted by atomic mass is 9.49. The second-order valence-corrected chi connectivity index (χ2v) is 13.2. The number of ether oxygens (including phenoxy) is 1. The van der Waals surface area contributed by atoms with Crippen molar-refractivity contribution in [1.82, 2.24) is 5.32 Å². The Kier molecular flexibility index (Phi) is 20.1. The molecule has 256 valence electrons. The number of carboxylic acid groups (broad SMARTS) is 1. The largest absolute Gasteiger partial charge is 0.493 e. The second-order valence-electron chi connectivity index (χ2n) is 13.2. The number of allylic oxidation sites excluding steroid dienone is 2. The zero-order chi connectivity index (χ0) is 34.6. The van der Waals surface area contributed by atoms with E-state index in [0.29, 0.717) is 23.5 Å². The number of aliphatic carboxylic acids is 1. The van der Waals surface area contributed by atoms with Crippen LogP contribution in [-0.2, 0) is 19.1 Å². The van der Waals surface area contributed by atoms with E-state index in [4.69, 9.17) is 10.6 Å². The monoisotopic (exact) mass is 630 g/mol. The van der Waals surface area contributed by atoms with E-state index in [1.807, 2.05) is 40.6 Å². The van der Waals surface area contributed by atoms with Gasteiger partial charge in [0.1, 0.15) is 23.4 Å². The van der Waals surface area contributed by atoms with Crippen molar-refractivity contribution in [2.75, 3.05) is 13.7 Å². The van der Waals surface area contributed by atoms with Crippen LogP contribution in [0.2, 0.25) is 0 Å². The number of carboxylic acids is 1. The first kappa shape index (κ1) is 41.9. The van der Waals surface area contributed by atoms with Gasteiger partial charge in [-0.25, -0.2) is 14.4 Å². The third-order valence-corrected chi connectivity index (χ3v) is 9.76. The molecule has 9 heteroatoms. The molecule has 0 saturated heterocycles. The molecule has 2 rings (SSSR count). The summed E-state index contributed by atoms with van der Waals surface area (Å²) in [5.41, 5.74) is 2.20. The zero-order valence-corrected chi connectivity index (χ0v) is 29.7. The maximum atomic E-state index is 11.6. The highest BCUT2D eigenvalue weighted by Gasteiger charge is 2.51. The molecule has 0 heterocycles. The second kappa shape index (κ2) is 21.6. The van der Waals surface area contributed by atoms with Crippen LogP contribution in [0.25, 0.3) is 0 Å². The number of hydrazone groups is 1. The van der Waals surface area contributed by atoms with Gasteiger partial charge in [0.15, 0.2) is 12.2 Å². The molecule has 4 unspecified atom stereocenters. The number of hydrogen-bond donors (Lipinski definition) is 3. The Balaban J connectivity index is 0.00000251. The minimum atomic E-state index is -0.998. The molecule has 0 aromatic carbocycles. The highest BCUT2D eigenvalue weighted by molar-refractivity contribution is 6.38. The molecule has 45 heavy (non-hydrogen) atoms. The zero-order valence-electron chi connectivity index (χ0n) is 29.7. The summed E-state index contributed by atoms with van der Waals surface area (Å²) in [5.74, 6) is 10.5. The van der Waals surface area contributed by atoms with Crippen molar-refractivity contribution in [2.45, 2.75) is 126 Å². The highest BCUT2D eigenvalue weighted by Crippen LogP contribution is 2.60. The molecule has 0 radical (unpaired) electrons. The maximum absolute atomic E-state index is 11.6. The molecular formula is C36H62N4O5. The number of fused-ring (bicyclic) bond motifs is 1. The third kappa shape index (κ3) is 12.6. The molecule has 2 saturated carbocycles. The molecule has 0 aromatic heterocycles. The van der Waals surface area contributed by atoms with E-state index >= 15 is 0 Å². The van der Waals surface area contributed by atoms with Gasteiger partial charge in [-0.15, -0.1) is 0 Å². The minimum Gasteiger partial charge on any atom is -0.493 e. The van der Waals surface area contributed by atoms with Crippen LogP contribution in [0.5, 0.6) is 0 Å². The number of hydrogen-bond acceptors (Lipinski definition) is 8. The fourth-order valence-electron chi connectivity index (χ4n) is 7.36. The number of carbonyl (C=O) groups excluding carboxylic acids is 2. The first-order chi connectivity index (χ1) is 21.4. The number of nitrogens with zero attached hydrogens (tertiary/aromatic N) is 2. The Morgan fingerprint density at radius 1 is 1.20 bits per heavy atom. The Bertz CT molecular complexity index is 1090. The Morgan fingerprint density at radius 2 is 1.87 bits per heavy atom. The maximum Gasteiger partial charge on any atom is 0.326 e. The minimum absolute atomic E-state index is 0.00350. The van der Waals surface area contributed by atoms with Gasteiger partial charge in [0.05, 0.1) is 13.7 Å². The smallest absolute Gasteiger partial charge is 0.326 e. The van der Waals surface area contributed by atoms with Gasteiger partial charge < -0.3 is 21.0 Å². The molecule has 6 atom stereocenters. The lowest BCUT2D eigenvalue weighted by Crippen LogP contribution is -2.48. The van der Waals surface area contributed by atoms with Gasteiger partial charge in [-0.2, -0.15) is 5.10 Å². The summed E-state index contributed by atoms with van der Waals surface area (Å²) in [6.07, 6.45) is 15.0. The molecule has 0 spiro atoms. The van der Waals surface area contributed by atoms with E-state index in [1.165, 1.54) is 51.6 Å². The summed E-state index contributed by atoms with van der Waals surface area (Å²) in [4.78, 5) is 36.6. The Hall–Kier alpha value is -3.15. The molecule has 2 aliphatic carbocycles. The molecule has 0 bridgehead atoms.